The van der Waals surface area contributed by atoms with E-state index in [1.807, 2.05) is 24.3 Å². The van der Waals surface area contributed by atoms with Gasteiger partial charge in [-0.3, -0.25) is 4.79 Å². The van der Waals surface area contributed by atoms with Crippen LogP contribution >= 0.6 is 0 Å². The molecule has 0 atom stereocenters. The van der Waals surface area contributed by atoms with E-state index in [1.165, 1.54) is 30.1 Å². The van der Waals surface area contributed by atoms with Gasteiger partial charge in [-0.25, -0.2) is 9.48 Å². The van der Waals surface area contributed by atoms with Gasteiger partial charge in [0.1, 0.15) is 12.3 Å². The summed E-state index contributed by atoms with van der Waals surface area (Å²) in [6.45, 7) is 0.298. The number of aromatic carboxylic acids is 1. The zero-order valence-electron chi connectivity index (χ0n) is 14.4. The summed E-state index contributed by atoms with van der Waals surface area (Å²) in [5.74, 6) is -0.586. The number of hydrogen-bond acceptors (Lipinski definition) is 5. The number of benzene rings is 1. The molecule has 1 aliphatic rings. The topological polar surface area (TPSA) is 106 Å². The van der Waals surface area contributed by atoms with Crippen LogP contribution in [-0.2, 0) is 17.9 Å². The van der Waals surface area contributed by atoms with Crippen molar-refractivity contribution >= 4 is 11.9 Å². The smallest absolute Gasteiger partial charge is 0.358 e. The van der Waals surface area contributed by atoms with Crippen molar-refractivity contribution in [1.82, 2.24) is 20.3 Å². The van der Waals surface area contributed by atoms with Gasteiger partial charge >= 0.3 is 5.97 Å². The number of rotatable bonds is 7. The summed E-state index contributed by atoms with van der Waals surface area (Å²) in [5, 5.41) is 18.6. The van der Waals surface area contributed by atoms with E-state index in [0.29, 0.717) is 12.6 Å². The maximum absolute atomic E-state index is 11.9. The van der Waals surface area contributed by atoms with E-state index in [2.05, 4.69) is 15.6 Å². The van der Waals surface area contributed by atoms with Crippen molar-refractivity contribution in [3.8, 4) is 5.75 Å². The lowest BCUT2D eigenvalue weighted by atomic mass is 9.98. The van der Waals surface area contributed by atoms with Gasteiger partial charge < -0.3 is 15.2 Å². The fourth-order valence-corrected chi connectivity index (χ4v) is 2.94. The quantitative estimate of drug-likeness (QED) is 0.784. The van der Waals surface area contributed by atoms with Crippen LogP contribution in [0.1, 0.15) is 48.2 Å². The van der Waals surface area contributed by atoms with Crippen molar-refractivity contribution in [2.45, 2.75) is 51.3 Å². The number of amides is 1. The van der Waals surface area contributed by atoms with Gasteiger partial charge in [0.25, 0.3) is 0 Å². The molecule has 138 valence electrons. The molecular formula is C18H22N4O4. The molecule has 3 rings (SSSR count). The van der Waals surface area contributed by atoms with Crippen LogP contribution < -0.4 is 10.1 Å². The summed E-state index contributed by atoms with van der Waals surface area (Å²) in [6.07, 6.45) is 7.52. The number of carboxylic acids is 1. The summed E-state index contributed by atoms with van der Waals surface area (Å²) in [6, 6.07) is 7.70. The van der Waals surface area contributed by atoms with Gasteiger partial charge in [0, 0.05) is 6.54 Å². The highest BCUT2D eigenvalue weighted by Crippen LogP contribution is 2.23. The van der Waals surface area contributed by atoms with Crippen LogP contribution in [0.3, 0.4) is 0 Å². The van der Waals surface area contributed by atoms with Gasteiger partial charge in [0.15, 0.2) is 5.69 Å². The van der Waals surface area contributed by atoms with Crippen LogP contribution in [0.5, 0.6) is 5.75 Å². The number of hydrogen-bond donors (Lipinski definition) is 2. The van der Waals surface area contributed by atoms with Crippen LogP contribution in [0.4, 0.5) is 0 Å². The number of carboxylic acid groups (broad SMARTS) is 1. The first-order chi connectivity index (χ1) is 12.6. The highest BCUT2D eigenvalue weighted by Gasteiger charge is 2.14. The molecule has 26 heavy (non-hydrogen) atoms. The molecule has 1 amide bonds. The first kappa shape index (κ1) is 17.9. The fourth-order valence-electron chi connectivity index (χ4n) is 2.94. The molecule has 8 heteroatoms. The Balaban J connectivity index is 1.44. The van der Waals surface area contributed by atoms with E-state index in [-0.39, 0.29) is 18.1 Å². The summed E-state index contributed by atoms with van der Waals surface area (Å²) < 4.78 is 7.18. The monoisotopic (exact) mass is 358 g/mol. The maximum Gasteiger partial charge on any atom is 0.358 e. The van der Waals surface area contributed by atoms with Crippen LogP contribution in [0, 0.1) is 0 Å². The molecule has 0 saturated heterocycles. The molecule has 1 heterocycles. The molecule has 2 N–H and O–H groups in total. The number of ether oxygens (including phenoxy) is 1. The largest absolute Gasteiger partial charge is 0.490 e. The second-order valence-corrected chi connectivity index (χ2v) is 6.41. The number of nitrogens with zero attached hydrogens (tertiary/aromatic N) is 3. The Morgan fingerprint density at radius 3 is 2.58 bits per heavy atom. The fraction of sp³-hybridized carbons (Fsp3) is 0.444. The van der Waals surface area contributed by atoms with Gasteiger partial charge in [-0.2, -0.15) is 0 Å². The van der Waals surface area contributed by atoms with E-state index in [0.717, 1.165) is 24.2 Å². The van der Waals surface area contributed by atoms with E-state index in [4.69, 9.17) is 9.84 Å². The number of aromatic nitrogens is 3. The van der Waals surface area contributed by atoms with Crippen molar-refractivity contribution < 1.29 is 19.4 Å². The zero-order valence-corrected chi connectivity index (χ0v) is 14.4. The van der Waals surface area contributed by atoms with Gasteiger partial charge in [-0.1, -0.05) is 23.8 Å². The van der Waals surface area contributed by atoms with Crippen LogP contribution in [0.25, 0.3) is 0 Å². The minimum atomic E-state index is -1.17. The lowest BCUT2D eigenvalue weighted by Crippen LogP contribution is -2.27. The maximum atomic E-state index is 11.9. The summed E-state index contributed by atoms with van der Waals surface area (Å²) in [4.78, 5) is 22.7. The highest BCUT2D eigenvalue weighted by atomic mass is 16.5. The highest BCUT2D eigenvalue weighted by molar-refractivity contribution is 5.84. The molecule has 1 aromatic carbocycles. The molecule has 1 fully saturated rings. The Morgan fingerprint density at radius 1 is 1.19 bits per heavy atom. The predicted octanol–water partition coefficient (Wildman–Crippen LogP) is 2.00. The van der Waals surface area contributed by atoms with Gasteiger partial charge in [0.05, 0.1) is 12.3 Å². The Labute approximate surface area is 151 Å². The van der Waals surface area contributed by atoms with E-state index < -0.39 is 5.97 Å². The molecule has 0 spiro atoms. The molecule has 0 bridgehead atoms. The van der Waals surface area contributed by atoms with Crippen LogP contribution in [0.2, 0.25) is 0 Å². The van der Waals surface area contributed by atoms with Gasteiger partial charge in [-0.15, -0.1) is 5.10 Å². The molecule has 2 aromatic rings. The van der Waals surface area contributed by atoms with Crippen molar-refractivity contribution in [2.24, 2.45) is 0 Å². The third-order valence-electron chi connectivity index (χ3n) is 4.33. The number of carbonyl (C=O) groups excluding carboxylic acids is 1. The minimum Gasteiger partial charge on any atom is -0.490 e. The molecular weight excluding hydrogens is 336 g/mol. The predicted molar refractivity (Wildman–Crippen MR) is 92.8 cm³/mol. The van der Waals surface area contributed by atoms with Gasteiger partial charge in [-0.05, 0) is 43.4 Å². The average Bonchev–Trinajstić information content (AvgIpc) is 3.11. The third kappa shape index (κ3) is 5.05. The number of carbonyl (C=O) groups is 2. The summed E-state index contributed by atoms with van der Waals surface area (Å²) >= 11 is 0. The summed E-state index contributed by atoms with van der Waals surface area (Å²) in [5.41, 5.74) is 0.769. The van der Waals surface area contributed by atoms with Crippen LogP contribution in [-0.4, -0.2) is 38.1 Å². The van der Waals surface area contributed by atoms with Crippen molar-refractivity contribution in [3.05, 3.63) is 41.7 Å². The van der Waals surface area contributed by atoms with Crippen LogP contribution in [0.15, 0.2) is 30.5 Å². The minimum absolute atomic E-state index is 0.0802. The van der Waals surface area contributed by atoms with E-state index in [9.17, 15) is 9.59 Å². The molecule has 0 aliphatic heterocycles. The molecule has 8 nitrogen and oxygen atoms in total. The summed E-state index contributed by atoms with van der Waals surface area (Å²) in [7, 11) is 0. The van der Waals surface area contributed by atoms with Crippen molar-refractivity contribution in [2.75, 3.05) is 0 Å². The molecule has 1 aliphatic carbocycles. The third-order valence-corrected chi connectivity index (χ3v) is 4.33. The standard InChI is InChI=1S/C18H22N4O4/c23-17(12-22-11-16(18(24)25)20-21-22)19-10-13-6-8-15(9-7-13)26-14-4-2-1-3-5-14/h6-9,11,14H,1-5,10,12H2,(H,19,23)(H,24,25). The first-order valence-corrected chi connectivity index (χ1v) is 8.76. The number of nitrogens with one attached hydrogen (secondary N) is 1. The SMILES string of the molecule is O=C(Cn1cc(C(=O)O)nn1)NCc1ccc(OC2CCCCC2)cc1. The van der Waals surface area contributed by atoms with Crippen molar-refractivity contribution in [3.63, 3.8) is 0 Å². The molecule has 1 saturated carbocycles. The van der Waals surface area contributed by atoms with E-state index in [1.54, 1.807) is 0 Å². The van der Waals surface area contributed by atoms with Crippen molar-refractivity contribution in [1.29, 1.82) is 0 Å². The molecule has 0 radical (unpaired) electrons. The Hall–Kier alpha value is -2.90. The Morgan fingerprint density at radius 2 is 1.92 bits per heavy atom. The lowest BCUT2D eigenvalue weighted by Gasteiger charge is -2.23. The van der Waals surface area contributed by atoms with E-state index >= 15 is 0 Å². The molecule has 0 unspecified atom stereocenters. The zero-order chi connectivity index (χ0) is 18.4. The molecule has 1 aromatic heterocycles. The first-order valence-electron chi connectivity index (χ1n) is 8.76. The average molecular weight is 358 g/mol. The second kappa shape index (κ2) is 8.46. The van der Waals surface area contributed by atoms with Gasteiger partial charge in [0.2, 0.25) is 5.91 Å². The second-order valence-electron chi connectivity index (χ2n) is 6.41. The normalized spacial score (nSPS) is 14.8. The lowest BCUT2D eigenvalue weighted by molar-refractivity contribution is -0.122. The Bertz CT molecular complexity index is 751. The Kier molecular flexibility index (Phi) is 5.83.